The zero-order valence-electron chi connectivity index (χ0n) is 6.22. The second-order valence-electron chi connectivity index (χ2n) is 1.05. The van der Waals surface area contributed by atoms with Crippen molar-refractivity contribution in [2.75, 3.05) is 7.11 Å². The van der Waals surface area contributed by atoms with E-state index in [1.807, 2.05) is 0 Å². The van der Waals surface area contributed by atoms with Gasteiger partial charge in [-0.2, -0.15) is 0 Å². The van der Waals surface area contributed by atoms with Crippen LogP contribution in [0.25, 0.3) is 0 Å². The van der Waals surface area contributed by atoms with Gasteiger partial charge in [0, 0.05) is 6.92 Å². The van der Waals surface area contributed by atoms with E-state index in [0.717, 1.165) is 6.92 Å². The van der Waals surface area contributed by atoms with Gasteiger partial charge in [0.25, 0.3) is 0 Å². The van der Waals surface area contributed by atoms with Crippen LogP contribution < -0.4 is 51.4 Å². The van der Waals surface area contributed by atoms with E-state index in [1.54, 1.807) is 0 Å². The van der Waals surface area contributed by atoms with E-state index in [1.165, 1.54) is 7.11 Å². The van der Waals surface area contributed by atoms with Crippen LogP contribution in [-0.2, 0) is 14.3 Å². The Bertz CT molecular complexity index is 104. The van der Waals surface area contributed by atoms with Gasteiger partial charge < -0.3 is 6.16 Å². The summed E-state index contributed by atoms with van der Waals surface area (Å²) in [6.45, 7) is 1.16. The third kappa shape index (κ3) is 4.92. The number of ketones is 1. The number of Topliss-reactive ketones (excluding diaryl/α,β-unsaturated/α-hetero) is 1. The number of methoxy groups -OCH3 is 1. The summed E-state index contributed by atoms with van der Waals surface area (Å²) in [5.74, 6) is -1.36. The van der Waals surface area contributed by atoms with Gasteiger partial charge >= 0.3 is 57.4 Å². The van der Waals surface area contributed by atoms with Gasteiger partial charge in [-0.05, 0) is 0 Å². The van der Waals surface area contributed by atoms with E-state index in [-0.39, 0.29) is 52.8 Å². The zero-order valence-corrected chi connectivity index (χ0v) is 8.35. The number of carbonyl (C=O) groups excluding carboxylic acids is 2. The van der Waals surface area contributed by atoms with Gasteiger partial charge in [-0.25, -0.2) is 4.79 Å². The molecule has 4 heteroatoms. The van der Waals surface area contributed by atoms with Crippen molar-refractivity contribution in [3.05, 3.63) is 0 Å². The van der Waals surface area contributed by atoms with E-state index in [2.05, 4.69) is 4.74 Å². The first-order valence-electron chi connectivity index (χ1n) is 1.77. The van der Waals surface area contributed by atoms with Crippen LogP contribution in [0.3, 0.4) is 0 Å². The number of hydrogen-bond acceptors (Lipinski definition) is 3. The smallest absolute Gasteiger partial charge is 1.00 e. The first kappa shape index (κ1) is 11.6. The van der Waals surface area contributed by atoms with E-state index >= 15 is 0 Å². The Balaban J connectivity index is -0.000000180. The number of esters is 1. The molecule has 0 aliphatic rings. The van der Waals surface area contributed by atoms with Crippen LogP contribution in [0.1, 0.15) is 8.35 Å². The van der Waals surface area contributed by atoms with Gasteiger partial charge in [-0.3, -0.25) is 4.79 Å². The predicted octanol–water partition coefficient (Wildman–Crippen LogP) is -3.14. The third-order valence-corrected chi connectivity index (χ3v) is 0.473. The zero-order chi connectivity index (χ0) is 5.86. The molecule has 0 unspecified atom stereocenters. The largest absolute Gasteiger partial charge is 1.00 e. The van der Waals surface area contributed by atoms with Gasteiger partial charge in [0.15, 0.2) is 0 Å². The number of hydrogen-bond donors (Lipinski definition) is 0. The second-order valence-corrected chi connectivity index (χ2v) is 1.05. The summed E-state index contributed by atoms with van der Waals surface area (Å²) in [6, 6.07) is 0. The maximum Gasteiger partial charge on any atom is 1.00 e. The van der Waals surface area contributed by atoms with Crippen molar-refractivity contribution < 1.29 is 67.1 Å². The molecule has 0 rings (SSSR count). The Labute approximate surface area is 91.7 Å². The van der Waals surface area contributed by atoms with Crippen LogP contribution in [0.4, 0.5) is 0 Å². The Hall–Kier alpha value is 0.776. The summed E-state index contributed by atoms with van der Waals surface area (Å²) in [5, 5.41) is 0. The molecular formula is C4H7KO3. The molecule has 0 N–H and O–H groups in total. The molecule has 0 heterocycles. The molecule has 0 aromatic heterocycles. The van der Waals surface area contributed by atoms with Crippen molar-refractivity contribution in [2.24, 2.45) is 0 Å². The second kappa shape index (κ2) is 5.90. The van der Waals surface area contributed by atoms with Crippen LogP contribution in [0.2, 0.25) is 0 Å². The molecule has 0 saturated carbocycles. The van der Waals surface area contributed by atoms with E-state index in [9.17, 15) is 9.59 Å². The quantitative estimate of drug-likeness (QED) is 0.221. The van der Waals surface area contributed by atoms with Crippen molar-refractivity contribution in [3.63, 3.8) is 0 Å². The standard InChI is InChI=1S/C4H6O3.K.H/c1-3(5)4(6)7-2;;/h1-2H3;;/q;+1;-1. The summed E-state index contributed by atoms with van der Waals surface area (Å²) in [7, 11) is 1.17. The first-order valence-corrected chi connectivity index (χ1v) is 1.77. The SMILES string of the molecule is COC(=O)C(C)=O.[H-].[K+]. The number of rotatable bonds is 1. The van der Waals surface area contributed by atoms with Crippen LogP contribution in [0.5, 0.6) is 0 Å². The number of ether oxygens (including phenoxy) is 1. The summed E-state index contributed by atoms with van der Waals surface area (Å²) in [6.07, 6.45) is 0. The summed E-state index contributed by atoms with van der Waals surface area (Å²) < 4.78 is 4.02. The summed E-state index contributed by atoms with van der Waals surface area (Å²) >= 11 is 0. The van der Waals surface area contributed by atoms with E-state index in [0.29, 0.717) is 0 Å². The number of carbonyl (C=O) groups is 2. The molecule has 0 amide bonds. The van der Waals surface area contributed by atoms with Crippen LogP contribution in [0.15, 0.2) is 0 Å². The molecular weight excluding hydrogens is 135 g/mol. The fraction of sp³-hybridized carbons (Fsp3) is 0.500. The van der Waals surface area contributed by atoms with E-state index in [4.69, 9.17) is 0 Å². The van der Waals surface area contributed by atoms with Gasteiger partial charge in [0.2, 0.25) is 5.78 Å². The minimum atomic E-state index is -0.792. The molecule has 0 aliphatic carbocycles. The molecule has 0 bridgehead atoms. The van der Waals surface area contributed by atoms with Crippen LogP contribution in [-0.4, -0.2) is 18.9 Å². The fourth-order valence-corrected chi connectivity index (χ4v) is 0.144. The monoisotopic (exact) mass is 142 g/mol. The molecule has 8 heavy (non-hydrogen) atoms. The molecule has 3 nitrogen and oxygen atoms in total. The molecule has 0 aromatic rings. The van der Waals surface area contributed by atoms with Crippen molar-refractivity contribution in [1.29, 1.82) is 0 Å². The molecule has 0 radical (unpaired) electrons. The topological polar surface area (TPSA) is 43.4 Å². The molecule has 0 saturated heterocycles. The summed E-state index contributed by atoms with van der Waals surface area (Å²) in [5.41, 5.74) is 0. The van der Waals surface area contributed by atoms with E-state index < -0.39 is 11.8 Å². The maximum absolute atomic E-state index is 9.94. The van der Waals surface area contributed by atoms with Crippen molar-refractivity contribution >= 4 is 11.8 Å². The average Bonchev–Trinajstić information content (AvgIpc) is 1.65. The Morgan fingerprint density at radius 1 is 1.50 bits per heavy atom. The Morgan fingerprint density at radius 3 is 1.88 bits per heavy atom. The Kier molecular flexibility index (Phi) is 8.53. The van der Waals surface area contributed by atoms with Crippen molar-refractivity contribution in [3.8, 4) is 0 Å². The average molecular weight is 142 g/mol. The van der Waals surface area contributed by atoms with Crippen molar-refractivity contribution in [2.45, 2.75) is 6.92 Å². The fourth-order valence-electron chi connectivity index (χ4n) is 0.144. The minimum Gasteiger partial charge on any atom is -1.00 e. The van der Waals surface area contributed by atoms with Gasteiger partial charge in [-0.15, -0.1) is 0 Å². The molecule has 0 spiro atoms. The van der Waals surface area contributed by atoms with Gasteiger partial charge in [0.05, 0.1) is 7.11 Å². The van der Waals surface area contributed by atoms with Gasteiger partial charge in [-0.1, -0.05) is 0 Å². The van der Waals surface area contributed by atoms with Gasteiger partial charge in [0.1, 0.15) is 0 Å². The molecule has 0 atom stereocenters. The Morgan fingerprint density at radius 2 is 1.88 bits per heavy atom. The molecule has 0 fully saturated rings. The molecule has 0 aromatic carbocycles. The first-order chi connectivity index (χ1) is 3.18. The molecule has 42 valence electrons. The van der Waals surface area contributed by atoms with Crippen LogP contribution in [0, 0.1) is 0 Å². The maximum atomic E-state index is 9.94. The third-order valence-electron chi connectivity index (χ3n) is 0.473. The summed E-state index contributed by atoms with van der Waals surface area (Å²) in [4.78, 5) is 19.8. The minimum absolute atomic E-state index is 0. The predicted molar refractivity (Wildman–Crippen MR) is 23.8 cm³/mol. The van der Waals surface area contributed by atoms with Crippen molar-refractivity contribution in [1.82, 2.24) is 0 Å². The normalized spacial score (nSPS) is 6.75. The molecule has 0 aliphatic heterocycles. The van der Waals surface area contributed by atoms with Crippen LogP contribution >= 0.6 is 0 Å².